The number of thiophene rings is 1. The molecule has 0 aliphatic carbocycles. The highest BCUT2D eigenvalue weighted by atomic mass is 32.2. The molecule has 0 radical (unpaired) electrons. The Balaban J connectivity index is 1.99. The maximum absolute atomic E-state index is 13.6. The largest absolute Gasteiger partial charge is 0.348 e. The first-order valence-electron chi connectivity index (χ1n) is 8.90. The summed E-state index contributed by atoms with van der Waals surface area (Å²) in [5, 5.41) is 5.77. The maximum atomic E-state index is 13.6. The van der Waals surface area contributed by atoms with E-state index in [-0.39, 0.29) is 16.2 Å². The van der Waals surface area contributed by atoms with Crippen molar-refractivity contribution in [1.29, 1.82) is 0 Å². The van der Waals surface area contributed by atoms with E-state index in [0.717, 1.165) is 15.6 Å². The Morgan fingerprint density at radius 1 is 1.36 bits per heavy atom. The van der Waals surface area contributed by atoms with Crippen LogP contribution in [0.5, 0.6) is 0 Å². The Kier molecular flexibility index (Phi) is 5.33. The van der Waals surface area contributed by atoms with Crippen LogP contribution in [0.4, 0.5) is 0 Å². The highest BCUT2D eigenvalue weighted by molar-refractivity contribution is 7.91. The minimum atomic E-state index is -3.76. The molecule has 0 saturated carbocycles. The highest BCUT2D eigenvalue weighted by Gasteiger charge is 2.57. The lowest BCUT2D eigenvalue weighted by atomic mass is 9.94. The van der Waals surface area contributed by atoms with Crippen LogP contribution >= 0.6 is 22.7 Å². The smallest absolute Gasteiger partial charge is 0.253 e. The molecule has 0 spiro atoms. The van der Waals surface area contributed by atoms with E-state index in [0.29, 0.717) is 6.42 Å². The number of aromatic nitrogens is 1. The van der Waals surface area contributed by atoms with Crippen LogP contribution in [0.3, 0.4) is 0 Å². The van der Waals surface area contributed by atoms with Crippen LogP contribution in [0.1, 0.15) is 39.1 Å². The third-order valence-electron chi connectivity index (χ3n) is 5.08. The average Bonchev–Trinajstić information content (AvgIpc) is 3.25. The number of carbonyl (C=O) groups excluding carboxylic acids is 1. The summed E-state index contributed by atoms with van der Waals surface area (Å²) in [4.78, 5) is 17.1. The van der Waals surface area contributed by atoms with Gasteiger partial charge in [0, 0.05) is 17.0 Å². The Bertz CT molecular complexity index is 1020. The SMILES string of the molecule is C=CC(=O)NC1CC(C)(C)N(S(=O)(=O)c2ccc(-c3csc(C)n3)s2)C1(C)C. The van der Waals surface area contributed by atoms with Crippen LogP contribution in [0.2, 0.25) is 0 Å². The van der Waals surface area contributed by atoms with E-state index < -0.39 is 21.1 Å². The number of carbonyl (C=O) groups is 1. The summed E-state index contributed by atoms with van der Waals surface area (Å²) in [7, 11) is -3.76. The van der Waals surface area contributed by atoms with E-state index in [9.17, 15) is 13.2 Å². The third kappa shape index (κ3) is 3.56. The van der Waals surface area contributed by atoms with Crippen molar-refractivity contribution in [1.82, 2.24) is 14.6 Å². The van der Waals surface area contributed by atoms with Gasteiger partial charge in [0.1, 0.15) is 4.21 Å². The number of hydrogen-bond donors (Lipinski definition) is 1. The minimum absolute atomic E-state index is 0.282. The van der Waals surface area contributed by atoms with Crippen molar-refractivity contribution >= 4 is 38.6 Å². The predicted octanol–water partition coefficient (Wildman–Crippen LogP) is 3.80. The third-order valence-corrected chi connectivity index (χ3v) is 9.73. The molecule has 152 valence electrons. The number of nitrogens with one attached hydrogen (secondary N) is 1. The standard InChI is InChI=1S/C19H25N3O3S3/c1-7-16(23)21-15-10-18(3,4)22(19(15,5)6)28(24,25)17-9-8-14(27-17)13-11-26-12(2)20-13/h7-9,11,15H,1,10H2,2-6H3,(H,21,23). The molecule has 6 nitrogen and oxygen atoms in total. The zero-order valence-electron chi connectivity index (χ0n) is 16.6. The summed E-state index contributed by atoms with van der Waals surface area (Å²) in [6.45, 7) is 12.9. The molecule has 1 unspecified atom stereocenters. The summed E-state index contributed by atoms with van der Waals surface area (Å²) in [5.41, 5.74) is -0.643. The molecule has 1 saturated heterocycles. The van der Waals surface area contributed by atoms with Crippen LogP contribution in [-0.2, 0) is 14.8 Å². The number of nitrogens with zero attached hydrogens (tertiary/aromatic N) is 2. The number of amides is 1. The summed E-state index contributed by atoms with van der Waals surface area (Å²) in [5.74, 6) is -0.301. The van der Waals surface area contributed by atoms with Crippen LogP contribution in [0.25, 0.3) is 10.6 Å². The lowest BCUT2D eigenvalue weighted by Gasteiger charge is -2.39. The predicted molar refractivity (Wildman–Crippen MR) is 114 cm³/mol. The second-order valence-electron chi connectivity index (χ2n) is 8.08. The average molecular weight is 440 g/mol. The van der Waals surface area contributed by atoms with E-state index in [1.165, 1.54) is 28.7 Å². The number of rotatable bonds is 5. The van der Waals surface area contributed by atoms with Gasteiger partial charge in [-0.05, 0) is 59.2 Å². The molecule has 3 rings (SSSR count). The molecule has 28 heavy (non-hydrogen) atoms. The fourth-order valence-electron chi connectivity index (χ4n) is 4.01. The molecule has 1 aliphatic heterocycles. The van der Waals surface area contributed by atoms with Gasteiger partial charge in [0.15, 0.2) is 0 Å². The first kappa shape index (κ1) is 21.2. The topological polar surface area (TPSA) is 79.4 Å². The second-order valence-corrected chi connectivity index (χ2v) is 12.2. The molecular weight excluding hydrogens is 414 g/mol. The molecule has 1 fully saturated rings. The van der Waals surface area contributed by atoms with E-state index in [2.05, 4.69) is 16.9 Å². The van der Waals surface area contributed by atoms with Crippen molar-refractivity contribution in [3.63, 3.8) is 0 Å². The molecule has 0 bridgehead atoms. The van der Waals surface area contributed by atoms with Gasteiger partial charge in [-0.3, -0.25) is 4.79 Å². The van der Waals surface area contributed by atoms with Crippen molar-refractivity contribution in [2.75, 3.05) is 0 Å². The fraction of sp³-hybridized carbons (Fsp3) is 0.474. The summed E-state index contributed by atoms with van der Waals surface area (Å²) in [6, 6.07) is 3.13. The van der Waals surface area contributed by atoms with Gasteiger partial charge in [0.25, 0.3) is 10.0 Å². The second kappa shape index (κ2) is 7.05. The van der Waals surface area contributed by atoms with Gasteiger partial charge in [-0.25, -0.2) is 13.4 Å². The van der Waals surface area contributed by atoms with Crippen molar-refractivity contribution in [2.24, 2.45) is 0 Å². The van der Waals surface area contributed by atoms with Crippen LogP contribution in [-0.4, -0.2) is 40.7 Å². The fourth-order valence-corrected chi connectivity index (χ4v) is 8.20. The highest BCUT2D eigenvalue weighted by Crippen LogP contribution is 2.46. The molecule has 9 heteroatoms. The van der Waals surface area contributed by atoms with Crippen molar-refractivity contribution < 1.29 is 13.2 Å². The first-order valence-corrected chi connectivity index (χ1v) is 12.0. The van der Waals surface area contributed by atoms with E-state index in [1.807, 2.05) is 40.0 Å². The molecule has 2 aromatic rings. The van der Waals surface area contributed by atoms with Gasteiger partial charge >= 0.3 is 0 Å². The normalized spacial score (nSPS) is 21.5. The summed E-state index contributed by atoms with van der Waals surface area (Å²) in [6.07, 6.45) is 1.73. The molecule has 1 atom stereocenters. The van der Waals surface area contributed by atoms with Crippen LogP contribution < -0.4 is 5.32 Å². The molecule has 3 heterocycles. The molecular formula is C19H25N3O3S3. The Morgan fingerprint density at radius 2 is 2.04 bits per heavy atom. The van der Waals surface area contributed by atoms with Crippen molar-refractivity contribution in [3.8, 4) is 10.6 Å². The quantitative estimate of drug-likeness (QED) is 0.719. The number of sulfonamides is 1. The zero-order chi connectivity index (χ0) is 20.9. The van der Waals surface area contributed by atoms with E-state index in [1.54, 1.807) is 16.4 Å². The Morgan fingerprint density at radius 3 is 2.61 bits per heavy atom. The number of aryl methyl sites for hydroxylation is 1. The number of thiazole rings is 1. The van der Waals surface area contributed by atoms with Gasteiger partial charge in [-0.1, -0.05) is 6.58 Å². The molecule has 1 aliphatic rings. The van der Waals surface area contributed by atoms with Crippen LogP contribution in [0, 0.1) is 6.92 Å². The molecule has 1 amide bonds. The van der Waals surface area contributed by atoms with Gasteiger partial charge in [0.05, 0.1) is 21.1 Å². The van der Waals surface area contributed by atoms with E-state index >= 15 is 0 Å². The number of hydrogen-bond acceptors (Lipinski definition) is 6. The van der Waals surface area contributed by atoms with Gasteiger partial charge in [0.2, 0.25) is 5.91 Å². The summed E-state index contributed by atoms with van der Waals surface area (Å²) < 4.78 is 29.0. The first-order chi connectivity index (χ1) is 12.9. The molecule has 2 aromatic heterocycles. The summed E-state index contributed by atoms with van der Waals surface area (Å²) >= 11 is 2.76. The molecule has 1 N–H and O–H groups in total. The van der Waals surface area contributed by atoms with Gasteiger partial charge in [-0.2, -0.15) is 4.31 Å². The Labute approximate surface area is 174 Å². The maximum Gasteiger partial charge on any atom is 0.253 e. The lowest BCUT2D eigenvalue weighted by Crippen LogP contribution is -2.56. The molecule has 0 aromatic carbocycles. The van der Waals surface area contributed by atoms with Crippen molar-refractivity contribution in [3.05, 3.63) is 35.2 Å². The van der Waals surface area contributed by atoms with Crippen LogP contribution in [0.15, 0.2) is 34.4 Å². The minimum Gasteiger partial charge on any atom is -0.348 e. The monoisotopic (exact) mass is 439 g/mol. The van der Waals surface area contributed by atoms with Gasteiger partial charge in [-0.15, -0.1) is 22.7 Å². The van der Waals surface area contributed by atoms with Crippen molar-refractivity contribution in [2.45, 2.75) is 62.4 Å². The lowest BCUT2D eigenvalue weighted by molar-refractivity contribution is -0.117. The van der Waals surface area contributed by atoms with E-state index in [4.69, 9.17) is 0 Å². The Hall–Kier alpha value is -1.55. The van der Waals surface area contributed by atoms with Gasteiger partial charge < -0.3 is 5.32 Å². The zero-order valence-corrected chi connectivity index (χ0v) is 19.1.